The number of hydrogen-bond donors (Lipinski definition) is 1. The summed E-state index contributed by atoms with van der Waals surface area (Å²) in [4.78, 5) is 0. The van der Waals surface area contributed by atoms with Crippen LogP contribution in [0.5, 0.6) is 0 Å². The van der Waals surface area contributed by atoms with Crippen molar-refractivity contribution in [3.8, 4) is 0 Å². The van der Waals surface area contributed by atoms with Crippen LogP contribution in [-0.2, 0) is 5.88 Å². The third-order valence-electron chi connectivity index (χ3n) is 0.597. The quantitative estimate of drug-likeness (QED) is 0.510. The lowest BCUT2D eigenvalue weighted by Crippen LogP contribution is -1.72. The van der Waals surface area contributed by atoms with Crippen molar-refractivity contribution in [3.63, 3.8) is 0 Å². The van der Waals surface area contributed by atoms with Crippen LogP contribution in [0.2, 0.25) is 0 Å². The minimum absolute atomic E-state index is 0.442. The number of halogens is 1. The van der Waals surface area contributed by atoms with Gasteiger partial charge in [0.1, 0.15) is 5.01 Å². The normalized spacial score (nSPS) is 9.62. The van der Waals surface area contributed by atoms with Crippen LogP contribution in [0.15, 0.2) is 0 Å². The van der Waals surface area contributed by atoms with Gasteiger partial charge >= 0.3 is 0 Å². The van der Waals surface area contributed by atoms with Crippen LogP contribution >= 0.6 is 35.2 Å². The molecule has 1 aromatic heterocycles. The van der Waals surface area contributed by atoms with Crippen molar-refractivity contribution < 1.29 is 0 Å². The van der Waals surface area contributed by atoms with Gasteiger partial charge in [0.25, 0.3) is 0 Å². The van der Waals surface area contributed by atoms with Gasteiger partial charge in [-0.3, -0.25) is 5.10 Å². The van der Waals surface area contributed by atoms with Crippen molar-refractivity contribution in [2.24, 2.45) is 0 Å². The van der Waals surface area contributed by atoms with Crippen LogP contribution in [0.1, 0.15) is 5.01 Å². The van der Waals surface area contributed by atoms with Gasteiger partial charge in [0.15, 0.2) is 3.95 Å². The standard InChI is InChI=1S/C3H3ClN2S2/c4-1-2-5-6-3(7)8-2/h1H2,(H,6,7). The molecule has 0 saturated heterocycles. The fourth-order valence-electron chi connectivity index (χ4n) is 0.318. The van der Waals surface area contributed by atoms with E-state index in [9.17, 15) is 0 Å². The highest BCUT2D eigenvalue weighted by Gasteiger charge is 1.90. The van der Waals surface area contributed by atoms with Gasteiger partial charge < -0.3 is 0 Å². The van der Waals surface area contributed by atoms with E-state index in [-0.39, 0.29) is 0 Å². The average Bonchev–Trinajstić information content (AvgIpc) is 2.14. The zero-order valence-corrected chi connectivity index (χ0v) is 6.24. The number of H-pyrrole nitrogens is 1. The van der Waals surface area contributed by atoms with E-state index >= 15 is 0 Å². The number of alkyl halides is 1. The van der Waals surface area contributed by atoms with Crippen LogP contribution in [0.3, 0.4) is 0 Å². The molecule has 0 radical (unpaired) electrons. The Labute approximate surface area is 60.5 Å². The van der Waals surface area contributed by atoms with E-state index in [2.05, 4.69) is 10.2 Å². The second kappa shape index (κ2) is 2.57. The van der Waals surface area contributed by atoms with Crippen molar-refractivity contribution in [1.82, 2.24) is 10.2 Å². The Morgan fingerprint density at radius 1 is 1.88 bits per heavy atom. The predicted octanol–water partition coefficient (Wildman–Crippen LogP) is 1.94. The summed E-state index contributed by atoms with van der Waals surface area (Å²) in [7, 11) is 0. The molecular formula is C3H3ClN2S2. The largest absolute Gasteiger partial charge is 0.258 e. The number of aromatic nitrogens is 2. The summed E-state index contributed by atoms with van der Waals surface area (Å²) in [6.45, 7) is 0. The van der Waals surface area contributed by atoms with E-state index in [0.717, 1.165) is 5.01 Å². The lowest BCUT2D eigenvalue weighted by molar-refractivity contribution is 1.03. The van der Waals surface area contributed by atoms with Gasteiger partial charge in [-0.25, -0.2) is 0 Å². The topological polar surface area (TPSA) is 28.7 Å². The molecule has 1 aromatic rings. The second-order valence-electron chi connectivity index (χ2n) is 1.14. The van der Waals surface area contributed by atoms with Gasteiger partial charge in [-0.15, -0.1) is 11.6 Å². The summed E-state index contributed by atoms with van der Waals surface area (Å²) < 4.78 is 0.681. The van der Waals surface area contributed by atoms with Gasteiger partial charge in [-0.1, -0.05) is 11.3 Å². The first-order valence-corrected chi connectivity index (χ1v) is 3.69. The molecule has 0 amide bonds. The molecule has 2 nitrogen and oxygen atoms in total. The maximum absolute atomic E-state index is 5.42. The van der Waals surface area contributed by atoms with Crippen molar-refractivity contribution in [3.05, 3.63) is 8.96 Å². The highest BCUT2D eigenvalue weighted by molar-refractivity contribution is 7.73. The molecule has 0 aliphatic heterocycles. The molecule has 0 bridgehead atoms. The lowest BCUT2D eigenvalue weighted by Gasteiger charge is -1.73. The number of hydrogen-bond acceptors (Lipinski definition) is 3. The molecule has 1 N–H and O–H groups in total. The molecule has 0 unspecified atom stereocenters. The second-order valence-corrected chi connectivity index (χ2v) is 3.16. The maximum Gasteiger partial charge on any atom is 0.176 e. The van der Waals surface area contributed by atoms with Gasteiger partial charge in [-0.05, 0) is 12.2 Å². The van der Waals surface area contributed by atoms with E-state index < -0.39 is 0 Å². The molecule has 0 aromatic carbocycles. The Morgan fingerprint density at radius 2 is 2.62 bits per heavy atom. The van der Waals surface area contributed by atoms with E-state index in [1.54, 1.807) is 0 Å². The summed E-state index contributed by atoms with van der Waals surface area (Å²) >= 11 is 11.6. The lowest BCUT2D eigenvalue weighted by atomic mass is 10.9. The van der Waals surface area contributed by atoms with Gasteiger partial charge in [0.2, 0.25) is 0 Å². The van der Waals surface area contributed by atoms with Crippen molar-refractivity contribution in [1.29, 1.82) is 0 Å². The number of rotatable bonds is 1. The Balaban J connectivity index is 3.01. The Hall–Kier alpha value is 0.0700. The first-order chi connectivity index (χ1) is 3.83. The molecule has 1 rings (SSSR count). The molecule has 8 heavy (non-hydrogen) atoms. The van der Waals surface area contributed by atoms with E-state index in [1.165, 1.54) is 11.3 Å². The zero-order valence-electron chi connectivity index (χ0n) is 3.85. The highest BCUT2D eigenvalue weighted by Crippen LogP contribution is 2.06. The summed E-state index contributed by atoms with van der Waals surface area (Å²) in [5.41, 5.74) is 0. The third kappa shape index (κ3) is 1.27. The molecule has 0 fully saturated rings. The summed E-state index contributed by atoms with van der Waals surface area (Å²) in [5, 5.41) is 7.25. The molecular weight excluding hydrogens is 164 g/mol. The van der Waals surface area contributed by atoms with Crippen molar-refractivity contribution >= 4 is 35.2 Å². The number of nitrogens with one attached hydrogen (secondary N) is 1. The third-order valence-corrected chi connectivity index (χ3v) is 2.10. The fraction of sp³-hybridized carbons (Fsp3) is 0.333. The molecule has 44 valence electrons. The van der Waals surface area contributed by atoms with Gasteiger partial charge in [0.05, 0.1) is 5.88 Å². The van der Waals surface area contributed by atoms with Crippen LogP contribution in [0.25, 0.3) is 0 Å². The van der Waals surface area contributed by atoms with E-state index in [0.29, 0.717) is 9.83 Å². The molecule has 0 atom stereocenters. The van der Waals surface area contributed by atoms with Crippen LogP contribution in [-0.4, -0.2) is 10.2 Å². The average molecular weight is 167 g/mol. The van der Waals surface area contributed by atoms with E-state index in [4.69, 9.17) is 23.8 Å². The van der Waals surface area contributed by atoms with Gasteiger partial charge in [0, 0.05) is 0 Å². The first kappa shape index (κ1) is 6.19. The summed E-state index contributed by atoms with van der Waals surface area (Å²) in [5.74, 6) is 0.442. The molecule has 0 spiro atoms. The van der Waals surface area contributed by atoms with Crippen LogP contribution in [0, 0.1) is 3.95 Å². The fourth-order valence-corrected chi connectivity index (χ4v) is 1.33. The molecule has 0 saturated carbocycles. The number of aromatic amines is 1. The molecule has 1 heterocycles. The minimum Gasteiger partial charge on any atom is -0.258 e. The SMILES string of the molecule is S=c1[nH]nc(CCl)s1. The van der Waals surface area contributed by atoms with Crippen molar-refractivity contribution in [2.45, 2.75) is 5.88 Å². The Kier molecular flexibility index (Phi) is 1.99. The Bertz CT molecular complexity index is 215. The monoisotopic (exact) mass is 166 g/mol. The summed E-state index contributed by atoms with van der Waals surface area (Å²) in [6.07, 6.45) is 0. The number of nitrogens with zero attached hydrogens (tertiary/aromatic N) is 1. The minimum atomic E-state index is 0.442. The van der Waals surface area contributed by atoms with Gasteiger partial charge in [-0.2, -0.15) is 5.10 Å². The smallest absolute Gasteiger partial charge is 0.176 e. The molecule has 0 aliphatic rings. The molecule has 0 aliphatic carbocycles. The van der Waals surface area contributed by atoms with Crippen LogP contribution < -0.4 is 0 Å². The molecule has 5 heteroatoms. The summed E-state index contributed by atoms with van der Waals surface area (Å²) in [6, 6.07) is 0. The zero-order chi connectivity index (χ0) is 5.98. The first-order valence-electron chi connectivity index (χ1n) is 1.93. The van der Waals surface area contributed by atoms with E-state index in [1.807, 2.05) is 0 Å². The maximum atomic E-state index is 5.42. The van der Waals surface area contributed by atoms with Crippen molar-refractivity contribution in [2.75, 3.05) is 0 Å². The highest BCUT2D eigenvalue weighted by atomic mass is 35.5. The predicted molar refractivity (Wildman–Crippen MR) is 36.9 cm³/mol. The Morgan fingerprint density at radius 3 is 2.88 bits per heavy atom. The van der Waals surface area contributed by atoms with Crippen LogP contribution in [0.4, 0.5) is 0 Å².